The number of aromatic nitrogens is 2. The van der Waals surface area contributed by atoms with Crippen LogP contribution in [0.3, 0.4) is 0 Å². The fraction of sp³-hybridized carbons (Fsp3) is 0.235. The Morgan fingerprint density at radius 2 is 1.96 bits per heavy atom. The molecule has 0 fully saturated rings. The maximum atomic E-state index is 13.7. The third-order valence-electron chi connectivity index (χ3n) is 3.93. The Hall–Kier alpha value is -3.37. The van der Waals surface area contributed by atoms with Gasteiger partial charge in [-0.1, -0.05) is 6.92 Å². The molecule has 0 radical (unpaired) electrons. The summed E-state index contributed by atoms with van der Waals surface area (Å²) in [4.78, 5) is 19.3. The standard InChI is InChI=1S/C17H15F4N5O2/c1-2-10-11-5-8(18)3-4-12(11)28-13(10)14(17(19,20)21)26-16(27)25-9-6-23-15(22)24-7-9/h3-7,14H,2H2,1H3,(H2,22,23,24)(H2,25,26,27)/t14-/m0/s1. The van der Waals surface area contributed by atoms with Crippen molar-refractivity contribution in [1.82, 2.24) is 15.3 Å². The monoisotopic (exact) mass is 397 g/mol. The van der Waals surface area contributed by atoms with E-state index in [-0.39, 0.29) is 34.6 Å². The van der Waals surface area contributed by atoms with Crippen molar-refractivity contribution in [2.75, 3.05) is 11.1 Å². The zero-order valence-electron chi connectivity index (χ0n) is 14.5. The fourth-order valence-corrected chi connectivity index (χ4v) is 2.73. The van der Waals surface area contributed by atoms with Crippen LogP contribution in [0.25, 0.3) is 11.0 Å². The number of aryl methyl sites for hydroxylation is 1. The van der Waals surface area contributed by atoms with Crippen molar-refractivity contribution >= 4 is 28.6 Å². The summed E-state index contributed by atoms with van der Waals surface area (Å²) in [6.45, 7) is 1.61. The molecule has 7 nitrogen and oxygen atoms in total. The van der Waals surface area contributed by atoms with E-state index in [1.54, 1.807) is 6.92 Å². The number of nitrogens with zero attached hydrogens (tertiary/aromatic N) is 2. The van der Waals surface area contributed by atoms with Crippen LogP contribution in [0, 0.1) is 5.82 Å². The SMILES string of the molecule is CCc1c([C@H](NC(=O)Nc2cnc(N)nc2)C(F)(F)F)oc2ccc(F)cc12. The van der Waals surface area contributed by atoms with Gasteiger partial charge in [0, 0.05) is 10.9 Å². The van der Waals surface area contributed by atoms with E-state index >= 15 is 0 Å². The number of fused-ring (bicyclic) bond motifs is 1. The normalized spacial score (nSPS) is 12.8. The van der Waals surface area contributed by atoms with Gasteiger partial charge < -0.3 is 20.8 Å². The Morgan fingerprint density at radius 1 is 1.29 bits per heavy atom. The maximum Gasteiger partial charge on any atom is 0.416 e. The van der Waals surface area contributed by atoms with E-state index in [1.807, 2.05) is 5.32 Å². The predicted octanol–water partition coefficient (Wildman–Crippen LogP) is 3.93. The van der Waals surface area contributed by atoms with Crippen LogP contribution in [0.5, 0.6) is 0 Å². The van der Waals surface area contributed by atoms with Gasteiger partial charge in [0.2, 0.25) is 5.95 Å². The van der Waals surface area contributed by atoms with Crippen molar-refractivity contribution in [2.45, 2.75) is 25.6 Å². The molecule has 0 spiro atoms. The zero-order valence-corrected chi connectivity index (χ0v) is 14.5. The number of rotatable bonds is 4. The minimum absolute atomic E-state index is 0.0509. The molecule has 148 valence electrons. The first-order valence-electron chi connectivity index (χ1n) is 8.11. The summed E-state index contributed by atoms with van der Waals surface area (Å²) in [6.07, 6.45) is -2.42. The van der Waals surface area contributed by atoms with Gasteiger partial charge in [-0.2, -0.15) is 13.2 Å². The number of nitrogen functional groups attached to an aromatic ring is 1. The Labute approximate surface area is 155 Å². The number of halogens is 4. The highest BCUT2D eigenvalue weighted by molar-refractivity contribution is 5.89. The second-order valence-electron chi connectivity index (χ2n) is 5.84. The third kappa shape index (κ3) is 3.97. The summed E-state index contributed by atoms with van der Waals surface area (Å²) in [5, 5.41) is 4.25. The van der Waals surface area contributed by atoms with Crippen LogP contribution < -0.4 is 16.4 Å². The van der Waals surface area contributed by atoms with Gasteiger partial charge in [-0.15, -0.1) is 0 Å². The highest BCUT2D eigenvalue weighted by Gasteiger charge is 2.45. The molecule has 0 saturated carbocycles. The molecule has 3 rings (SSSR count). The highest BCUT2D eigenvalue weighted by Crippen LogP contribution is 2.39. The number of nitrogens with two attached hydrogens (primary N) is 1. The van der Waals surface area contributed by atoms with Crippen molar-refractivity contribution in [3.05, 3.63) is 47.7 Å². The molecule has 11 heteroatoms. The Balaban J connectivity index is 1.93. The number of carbonyl (C=O) groups excluding carboxylic acids is 1. The molecule has 0 aliphatic heterocycles. The number of benzene rings is 1. The van der Waals surface area contributed by atoms with Crippen LogP contribution in [0.1, 0.15) is 24.3 Å². The number of anilines is 2. The third-order valence-corrected chi connectivity index (χ3v) is 3.93. The summed E-state index contributed by atoms with van der Waals surface area (Å²) < 4.78 is 59.8. The quantitative estimate of drug-likeness (QED) is 0.579. The van der Waals surface area contributed by atoms with Gasteiger partial charge in [0.15, 0.2) is 6.04 Å². The van der Waals surface area contributed by atoms with Crippen molar-refractivity contribution < 1.29 is 26.8 Å². The van der Waals surface area contributed by atoms with Gasteiger partial charge in [-0.25, -0.2) is 19.2 Å². The number of hydrogen-bond donors (Lipinski definition) is 3. The molecule has 4 N–H and O–H groups in total. The Kier molecular flexibility index (Phi) is 5.08. The number of urea groups is 1. The van der Waals surface area contributed by atoms with Crippen molar-refractivity contribution in [1.29, 1.82) is 0 Å². The van der Waals surface area contributed by atoms with Gasteiger partial charge in [0.1, 0.15) is 17.2 Å². The first-order chi connectivity index (χ1) is 13.2. The van der Waals surface area contributed by atoms with Gasteiger partial charge in [0.05, 0.1) is 18.1 Å². The summed E-state index contributed by atoms with van der Waals surface area (Å²) in [6, 6.07) is -0.164. The average molecular weight is 397 g/mol. The predicted molar refractivity (Wildman–Crippen MR) is 92.9 cm³/mol. The number of furan rings is 1. The van der Waals surface area contributed by atoms with E-state index in [0.29, 0.717) is 0 Å². The lowest BCUT2D eigenvalue weighted by Crippen LogP contribution is -2.40. The number of nitrogens with one attached hydrogen (secondary N) is 2. The van der Waals surface area contributed by atoms with Crippen LogP contribution in [0.4, 0.5) is 34.0 Å². The van der Waals surface area contributed by atoms with E-state index in [2.05, 4.69) is 15.3 Å². The Morgan fingerprint density at radius 3 is 2.57 bits per heavy atom. The molecule has 0 aliphatic rings. The number of alkyl halides is 3. The number of hydrogen-bond acceptors (Lipinski definition) is 5. The lowest BCUT2D eigenvalue weighted by molar-refractivity contribution is -0.158. The van der Waals surface area contributed by atoms with Crippen molar-refractivity contribution in [3.63, 3.8) is 0 Å². The Bertz CT molecular complexity index is 1000. The minimum atomic E-state index is -4.86. The van der Waals surface area contributed by atoms with E-state index in [9.17, 15) is 22.4 Å². The van der Waals surface area contributed by atoms with E-state index in [0.717, 1.165) is 24.5 Å². The topological polar surface area (TPSA) is 106 Å². The summed E-state index contributed by atoms with van der Waals surface area (Å²) >= 11 is 0. The van der Waals surface area contributed by atoms with Gasteiger partial charge in [-0.3, -0.25) is 0 Å². The molecule has 28 heavy (non-hydrogen) atoms. The molecule has 3 aromatic rings. The molecule has 2 amide bonds. The molecule has 0 aliphatic carbocycles. The van der Waals surface area contributed by atoms with Crippen molar-refractivity contribution in [2.24, 2.45) is 0 Å². The smallest absolute Gasteiger partial charge is 0.416 e. The summed E-state index contributed by atoms with van der Waals surface area (Å²) in [7, 11) is 0. The molecule has 1 aromatic carbocycles. The van der Waals surface area contributed by atoms with E-state index in [4.69, 9.17) is 10.2 Å². The van der Waals surface area contributed by atoms with Crippen LogP contribution in [-0.2, 0) is 6.42 Å². The fourth-order valence-electron chi connectivity index (χ4n) is 2.73. The number of carbonyl (C=O) groups is 1. The van der Waals surface area contributed by atoms with Crippen LogP contribution in [0.15, 0.2) is 35.0 Å². The second kappa shape index (κ2) is 7.33. The first kappa shape index (κ1) is 19.4. The molecular formula is C17H15F4N5O2. The maximum absolute atomic E-state index is 13.7. The molecule has 0 bridgehead atoms. The summed E-state index contributed by atoms with van der Waals surface area (Å²) in [5.41, 5.74) is 5.62. The van der Waals surface area contributed by atoms with E-state index in [1.165, 1.54) is 6.07 Å². The van der Waals surface area contributed by atoms with Crippen molar-refractivity contribution in [3.8, 4) is 0 Å². The second-order valence-corrected chi connectivity index (χ2v) is 5.84. The van der Waals surface area contributed by atoms with Gasteiger partial charge >= 0.3 is 12.2 Å². The lowest BCUT2D eigenvalue weighted by Gasteiger charge is -2.21. The lowest BCUT2D eigenvalue weighted by atomic mass is 10.0. The van der Waals surface area contributed by atoms with Crippen LogP contribution in [-0.4, -0.2) is 22.2 Å². The molecule has 2 aromatic heterocycles. The molecule has 0 saturated heterocycles. The number of amides is 2. The summed E-state index contributed by atoms with van der Waals surface area (Å²) in [5.74, 6) is -1.16. The van der Waals surface area contributed by atoms with Gasteiger partial charge in [-0.05, 0) is 24.6 Å². The molecular weight excluding hydrogens is 382 g/mol. The van der Waals surface area contributed by atoms with Crippen LogP contribution in [0.2, 0.25) is 0 Å². The average Bonchev–Trinajstić information content (AvgIpc) is 2.97. The molecule has 1 atom stereocenters. The van der Waals surface area contributed by atoms with E-state index < -0.39 is 29.8 Å². The first-order valence-corrected chi connectivity index (χ1v) is 8.11. The van der Waals surface area contributed by atoms with Crippen LogP contribution >= 0.6 is 0 Å². The zero-order chi connectivity index (χ0) is 20.5. The molecule has 0 unspecified atom stereocenters. The highest BCUT2D eigenvalue weighted by atomic mass is 19.4. The molecule has 2 heterocycles. The van der Waals surface area contributed by atoms with Gasteiger partial charge in [0.25, 0.3) is 0 Å². The minimum Gasteiger partial charge on any atom is -0.458 e. The largest absolute Gasteiger partial charge is 0.458 e.